The molecule has 2 aliphatic heterocycles. The van der Waals surface area contributed by atoms with Crippen LogP contribution in [0.2, 0.25) is 0 Å². The van der Waals surface area contributed by atoms with E-state index >= 15 is 0 Å². The highest BCUT2D eigenvalue weighted by Crippen LogP contribution is 2.43. The van der Waals surface area contributed by atoms with Crippen LogP contribution in [0.4, 0.5) is 8.78 Å². The molecule has 27 heavy (non-hydrogen) atoms. The molecule has 0 aliphatic carbocycles. The number of hydrogen-bond donors (Lipinski definition) is 0. The first-order valence-corrected chi connectivity index (χ1v) is 10.5. The maximum absolute atomic E-state index is 13.5. The van der Waals surface area contributed by atoms with E-state index in [0.717, 1.165) is 6.07 Å². The second-order valence-electron chi connectivity index (χ2n) is 7.73. The first-order chi connectivity index (χ1) is 12.5. The lowest BCUT2D eigenvalue weighted by Crippen LogP contribution is -2.66. The molecule has 9 heteroatoms. The minimum absolute atomic E-state index is 0.0813. The fourth-order valence-corrected chi connectivity index (χ4v) is 6.05. The van der Waals surface area contributed by atoms with Crippen molar-refractivity contribution in [2.24, 2.45) is 5.41 Å². The Morgan fingerprint density at radius 2 is 1.89 bits per heavy atom. The van der Waals surface area contributed by atoms with E-state index in [4.69, 9.17) is 0 Å². The average molecular weight is 401 g/mol. The van der Waals surface area contributed by atoms with Gasteiger partial charge in [0.25, 0.3) is 0 Å². The third kappa shape index (κ3) is 3.72. The van der Waals surface area contributed by atoms with Gasteiger partial charge in [0.1, 0.15) is 11.6 Å². The molecule has 2 fully saturated rings. The summed E-state index contributed by atoms with van der Waals surface area (Å²) in [5, 5.41) is 0. The van der Waals surface area contributed by atoms with Crippen molar-refractivity contribution in [3.8, 4) is 0 Å². The summed E-state index contributed by atoms with van der Waals surface area (Å²) < 4.78 is 53.0. The lowest BCUT2D eigenvalue weighted by Gasteiger charge is -2.53. The van der Waals surface area contributed by atoms with Gasteiger partial charge in [0, 0.05) is 52.9 Å². The second kappa shape index (κ2) is 7.10. The molecule has 2 heterocycles. The first-order valence-electron chi connectivity index (χ1n) is 8.90. The highest BCUT2D eigenvalue weighted by atomic mass is 32.2. The first kappa shape index (κ1) is 20.2. The summed E-state index contributed by atoms with van der Waals surface area (Å²) in [5.74, 6) is -1.46. The van der Waals surface area contributed by atoms with Crippen molar-refractivity contribution in [3.63, 3.8) is 0 Å². The lowest BCUT2D eigenvalue weighted by atomic mass is 9.72. The zero-order valence-corrected chi connectivity index (χ0v) is 16.6. The molecule has 0 N–H and O–H groups in total. The molecule has 3 rings (SSSR count). The maximum atomic E-state index is 13.5. The Hall–Kier alpha value is -1.58. The van der Waals surface area contributed by atoms with Gasteiger partial charge in [-0.1, -0.05) is 0 Å². The highest BCUT2D eigenvalue weighted by Gasteiger charge is 2.56. The van der Waals surface area contributed by atoms with E-state index in [1.165, 1.54) is 28.4 Å². The number of amides is 1. The number of likely N-dealkylation sites (tertiary alicyclic amines) is 1. The Morgan fingerprint density at radius 3 is 2.48 bits per heavy atom. The minimum atomic E-state index is -3.37. The summed E-state index contributed by atoms with van der Waals surface area (Å²) in [6.07, 6.45) is 0.739. The van der Waals surface area contributed by atoms with Crippen LogP contribution in [0.3, 0.4) is 0 Å². The Bertz CT molecular complexity index is 826. The molecule has 0 radical (unpaired) electrons. The SMILES string of the molecule is CN(C)C(=O)[C@]12CCS(=O)(=O)N(C)[C@@H]1CCN(Cc1cc(F)cc(F)c1)C2. The molecule has 2 atom stereocenters. The van der Waals surface area contributed by atoms with E-state index in [-0.39, 0.29) is 18.1 Å². The number of nitrogens with zero attached hydrogens (tertiary/aromatic N) is 3. The number of carbonyl (C=O) groups is 1. The molecule has 2 aliphatic rings. The molecule has 0 bridgehead atoms. The molecule has 0 unspecified atom stereocenters. The molecule has 0 saturated carbocycles. The molecular weight excluding hydrogens is 376 g/mol. The number of hydrogen-bond acceptors (Lipinski definition) is 4. The van der Waals surface area contributed by atoms with Crippen LogP contribution in [0.25, 0.3) is 0 Å². The fraction of sp³-hybridized carbons (Fsp3) is 0.611. The molecule has 0 aromatic heterocycles. The van der Waals surface area contributed by atoms with Crippen molar-refractivity contribution in [2.45, 2.75) is 25.4 Å². The smallest absolute Gasteiger partial charge is 0.231 e. The van der Waals surface area contributed by atoms with Crippen LogP contribution in [0.5, 0.6) is 0 Å². The average Bonchev–Trinajstić information content (AvgIpc) is 2.57. The van der Waals surface area contributed by atoms with Gasteiger partial charge in [-0.05, 0) is 30.5 Å². The van der Waals surface area contributed by atoms with Crippen LogP contribution in [-0.2, 0) is 21.4 Å². The van der Waals surface area contributed by atoms with Crippen LogP contribution in [0.1, 0.15) is 18.4 Å². The predicted octanol–water partition coefficient (Wildman–Crippen LogP) is 1.28. The van der Waals surface area contributed by atoms with Gasteiger partial charge >= 0.3 is 0 Å². The zero-order chi connectivity index (χ0) is 20.0. The van der Waals surface area contributed by atoms with Crippen molar-refractivity contribution in [1.82, 2.24) is 14.1 Å². The van der Waals surface area contributed by atoms with Crippen LogP contribution in [0, 0.1) is 17.0 Å². The third-order valence-electron chi connectivity index (χ3n) is 5.71. The van der Waals surface area contributed by atoms with E-state index in [1.54, 1.807) is 14.1 Å². The highest BCUT2D eigenvalue weighted by molar-refractivity contribution is 7.89. The Labute approximate surface area is 158 Å². The number of halogens is 2. The van der Waals surface area contributed by atoms with Crippen molar-refractivity contribution in [2.75, 3.05) is 40.0 Å². The number of benzene rings is 1. The molecule has 1 amide bonds. The second-order valence-corrected chi connectivity index (χ2v) is 9.88. The van der Waals surface area contributed by atoms with Crippen molar-refractivity contribution in [1.29, 1.82) is 0 Å². The van der Waals surface area contributed by atoms with Gasteiger partial charge in [0.15, 0.2) is 0 Å². The van der Waals surface area contributed by atoms with Gasteiger partial charge in [0.2, 0.25) is 15.9 Å². The third-order valence-corrected chi connectivity index (χ3v) is 7.56. The van der Waals surface area contributed by atoms with Crippen molar-refractivity contribution < 1.29 is 22.0 Å². The van der Waals surface area contributed by atoms with Crippen LogP contribution in [0.15, 0.2) is 18.2 Å². The summed E-state index contributed by atoms with van der Waals surface area (Å²) in [4.78, 5) is 16.6. The topological polar surface area (TPSA) is 60.9 Å². The van der Waals surface area contributed by atoms with Gasteiger partial charge < -0.3 is 4.90 Å². The van der Waals surface area contributed by atoms with Gasteiger partial charge in [-0.15, -0.1) is 0 Å². The summed E-state index contributed by atoms with van der Waals surface area (Å²) >= 11 is 0. The Kier molecular flexibility index (Phi) is 5.31. The number of rotatable bonds is 3. The normalized spacial score (nSPS) is 28.6. The molecule has 1 aromatic rings. The Balaban J connectivity index is 1.90. The molecule has 0 spiro atoms. The van der Waals surface area contributed by atoms with Crippen LogP contribution in [-0.4, -0.2) is 74.5 Å². The summed E-state index contributed by atoms with van der Waals surface area (Å²) in [6.45, 7) is 1.21. The van der Waals surface area contributed by atoms with E-state index < -0.39 is 33.1 Å². The number of carbonyl (C=O) groups excluding carboxylic acids is 1. The molecule has 2 saturated heterocycles. The van der Waals surface area contributed by atoms with E-state index in [9.17, 15) is 22.0 Å². The largest absolute Gasteiger partial charge is 0.348 e. The van der Waals surface area contributed by atoms with Crippen LogP contribution >= 0.6 is 0 Å². The van der Waals surface area contributed by atoms with E-state index in [0.29, 0.717) is 31.6 Å². The summed E-state index contributed by atoms with van der Waals surface area (Å²) in [5.41, 5.74) is -0.358. The van der Waals surface area contributed by atoms with Crippen molar-refractivity contribution >= 4 is 15.9 Å². The maximum Gasteiger partial charge on any atom is 0.231 e. The van der Waals surface area contributed by atoms with Crippen LogP contribution < -0.4 is 0 Å². The monoisotopic (exact) mass is 401 g/mol. The quantitative estimate of drug-likeness (QED) is 0.766. The standard InChI is InChI=1S/C18H25F2N3O3S/c1-21(2)17(24)18-5-7-27(25,26)22(3)16(18)4-6-23(12-18)11-13-8-14(19)10-15(20)9-13/h8-10,16H,4-7,11-12H2,1-3H3/t16-,18+/m1/s1. The number of sulfonamides is 1. The number of fused-ring (bicyclic) bond motifs is 1. The minimum Gasteiger partial charge on any atom is -0.348 e. The van der Waals surface area contributed by atoms with Gasteiger partial charge in [-0.3, -0.25) is 9.69 Å². The molecular formula is C18H25F2N3O3S. The summed E-state index contributed by atoms with van der Waals surface area (Å²) in [6, 6.07) is 2.99. The lowest BCUT2D eigenvalue weighted by molar-refractivity contribution is -0.148. The zero-order valence-electron chi connectivity index (χ0n) is 15.8. The van der Waals surface area contributed by atoms with Gasteiger partial charge in [-0.2, -0.15) is 0 Å². The molecule has 150 valence electrons. The van der Waals surface area contributed by atoms with Crippen molar-refractivity contribution in [3.05, 3.63) is 35.4 Å². The van der Waals surface area contributed by atoms with E-state index in [1.807, 2.05) is 4.90 Å². The Morgan fingerprint density at radius 1 is 1.26 bits per heavy atom. The van der Waals surface area contributed by atoms with Gasteiger partial charge in [-0.25, -0.2) is 21.5 Å². The number of piperidine rings is 1. The fourth-order valence-electron chi connectivity index (χ4n) is 4.45. The summed E-state index contributed by atoms with van der Waals surface area (Å²) in [7, 11) is 1.49. The van der Waals surface area contributed by atoms with Gasteiger partial charge in [0.05, 0.1) is 11.2 Å². The van der Waals surface area contributed by atoms with E-state index in [2.05, 4.69) is 0 Å². The predicted molar refractivity (Wildman–Crippen MR) is 97.3 cm³/mol. The molecule has 6 nitrogen and oxygen atoms in total. The molecule has 1 aromatic carbocycles.